The van der Waals surface area contributed by atoms with Gasteiger partial charge in [-0.3, -0.25) is 9.59 Å². The predicted molar refractivity (Wildman–Crippen MR) is 159 cm³/mol. The fourth-order valence-electron chi connectivity index (χ4n) is 11.3. The molecule has 9 aliphatic carbocycles. The third-order valence-corrected chi connectivity index (χ3v) is 13.1. The Morgan fingerprint density at radius 2 is 1.26 bits per heavy atom. The molecule has 0 unspecified atom stereocenters. The molecule has 0 saturated heterocycles. The van der Waals surface area contributed by atoms with Gasteiger partial charge in [-0.05, 0) is 154 Å². The van der Waals surface area contributed by atoms with E-state index in [1.807, 2.05) is 0 Å². The molecule has 2 amide bonds. The van der Waals surface area contributed by atoms with Crippen LogP contribution in [-0.2, 0) is 9.59 Å². The topological polar surface area (TPSA) is 82.3 Å². The van der Waals surface area contributed by atoms with Crippen LogP contribution in [0.4, 0.5) is 0 Å². The lowest BCUT2D eigenvalue weighted by Gasteiger charge is -2.57. The first-order valence-electron chi connectivity index (χ1n) is 15.8. The van der Waals surface area contributed by atoms with Crippen molar-refractivity contribution in [3.05, 3.63) is 0 Å². The summed E-state index contributed by atoms with van der Waals surface area (Å²) >= 11 is 11.2. The Bertz CT molecular complexity index is 1010. The molecule has 2 atom stereocenters. The second-order valence-electron chi connectivity index (χ2n) is 15.6. The van der Waals surface area contributed by atoms with Crippen molar-refractivity contribution in [1.82, 2.24) is 21.3 Å². The van der Waals surface area contributed by atoms with Crippen LogP contribution in [0.2, 0.25) is 0 Å². The summed E-state index contributed by atoms with van der Waals surface area (Å²) in [5.41, 5.74) is -0.161. The Labute approximate surface area is 244 Å². The number of carbonyl (C=O) groups is 2. The van der Waals surface area contributed by atoms with Crippen LogP contribution >= 0.6 is 24.4 Å². The van der Waals surface area contributed by atoms with Crippen molar-refractivity contribution in [3.63, 3.8) is 0 Å². The van der Waals surface area contributed by atoms with Crippen LogP contribution in [0.15, 0.2) is 0 Å². The molecule has 9 saturated carbocycles. The Morgan fingerprint density at radius 1 is 0.718 bits per heavy atom. The quantitative estimate of drug-likeness (QED) is 0.355. The van der Waals surface area contributed by atoms with E-state index in [-0.39, 0.29) is 34.6 Å². The van der Waals surface area contributed by atoms with Crippen molar-refractivity contribution in [1.29, 1.82) is 0 Å². The summed E-state index contributed by atoms with van der Waals surface area (Å²) in [5, 5.41) is 14.2. The van der Waals surface area contributed by atoms with E-state index in [0.717, 1.165) is 29.6 Å². The van der Waals surface area contributed by atoms with Gasteiger partial charge in [-0.25, -0.2) is 0 Å². The molecule has 39 heavy (non-hydrogen) atoms. The van der Waals surface area contributed by atoms with Crippen LogP contribution in [0.1, 0.15) is 97.3 Å². The van der Waals surface area contributed by atoms with Gasteiger partial charge >= 0.3 is 0 Å². The Kier molecular flexibility index (Phi) is 6.58. The summed E-state index contributed by atoms with van der Waals surface area (Å²) < 4.78 is 0. The molecule has 214 valence electrons. The average molecular weight is 571 g/mol. The zero-order chi connectivity index (χ0) is 27.1. The van der Waals surface area contributed by atoms with Gasteiger partial charge in [0.1, 0.15) is 0 Å². The van der Waals surface area contributed by atoms with E-state index in [4.69, 9.17) is 24.4 Å². The highest BCUT2D eigenvalue weighted by Gasteiger charge is 2.54. The van der Waals surface area contributed by atoms with Gasteiger partial charge in [-0.15, -0.1) is 0 Å². The molecular formula is C31H46N4O2S2. The van der Waals surface area contributed by atoms with Gasteiger partial charge in [-0.1, -0.05) is 13.8 Å². The van der Waals surface area contributed by atoms with E-state index in [1.165, 1.54) is 70.6 Å². The molecule has 8 heteroatoms. The van der Waals surface area contributed by atoms with Crippen LogP contribution < -0.4 is 21.3 Å². The van der Waals surface area contributed by atoms with E-state index in [1.54, 1.807) is 0 Å². The number of hydrogen-bond acceptors (Lipinski definition) is 4. The fraction of sp³-hybridized carbons (Fsp3) is 0.871. The number of nitrogens with one attached hydrogen (secondary N) is 4. The maximum absolute atomic E-state index is 13.2. The van der Waals surface area contributed by atoms with Crippen molar-refractivity contribution >= 4 is 46.5 Å². The maximum atomic E-state index is 13.2. The van der Waals surface area contributed by atoms with E-state index < -0.39 is 0 Å². The first-order chi connectivity index (χ1) is 18.5. The summed E-state index contributed by atoms with van der Waals surface area (Å²) in [6.07, 6.45) is 15.6. The lowest BCUT2D eigenvalue weighted by Crippen LogP contribution is -2.63. The van der Waals surface area contributed by atoms with Crippen LogP contribution in [0.3, 0.4) is 0 Å². The molecule has 0 aromatic heterocycles. The van der Waals surface area contributed by atoms with Gasteiger partial charge in [0.05, 0.1) is 0 Å². The zero-order valence-electron chi connectivity index (χ0n) is 23.6. The Hall–Kier alpha value is -1.28. The first kappa shape index (κ1) is 26.6. The van der Waals surface area contributed by atoms with Crippen LogP contribution in [-0.4, -0.2) is 33.6 Å². The van der Waals surface area contributed by atoms with Gasteiger partial charge in [0.15, 0.2) is 10.2 Å². The van der Waals surface area contributed by atoms with Crippen LogP contribution in [0.25, 0.3) is 0 Å². The minimum Gasteiger partial charge on any atom is -0.359 e. The summed E-state index contributed by atoms with van der Waals surface area (Å²) in [7, 11) is 0. The first-order valence-corrected chi connectivity index (χ1v) is 16.6. The highest BCUT2D eigenvalue weighted by Crippen LogP contribution is 2.56. The Balaban J connectivity index is 0.868. The highest BCUT2D eigenvalue weighted by atomic mass is 32.1. The molecule has 0 spiro atoms. The third kappa shape index (κ3) is 4.93. The molecule has 9 aliphatic rings. The zero-order valence-corrected chi connectivity index (χ0v) is 25.2. The number of rotatable bonds is 5. The SMILES string of the molecule is CC1(C)[C@H](CC(=O)NC(=S)NC2C3CC4CC(C3)CC2C4)C[C@@H]1C(=O)NC(=S)NC12CC3CC(CC(C3)C1)C2. The number of amides is 2. The van der Waals surface area contributed by atoms with E-state index in [0.29, 0.717) is 40.9 Å². The lowest BCUT2D eigenvalue weighted by molar-refractivity contribution is -0.143. The molecule has 4 N–H and O–H groups in total. The summed E-state index contributed by atoms with van der Waals surface area (Å²) in [5.74, 6) is 5.73. The molecule has 6 nitrogen and oxygen atoms in total. The Morgan fingerprint density at radius 3 is 1.79 bits per heavy atom. The minimum absolute atomic E-state index is 0.00189. The van der Waals surface area contributed by atoms with E-state index >= 15 is 0 Å². The molecule has 0 radical (unpaired) electrons. The maximum Gasteiger partial charge on any atom is 0.229 e. The van der Waals surface area contributed by atoms with Crippen molar-refractivity contribution in [2.24, 2.45) is 58.7 Å². The molecule has 8 bridgehead atoms. The molecule has 9 fully saturated rings. The number of hydrogen-bond donors (Lipinski definition) is 4. The molecule has 0 heterocycles. The van der Waals surface area contributed by atoms with Gasteiger partial charge in [0.25, 0.3) is 0 Å². The predicted octanol–water partition coefficient (Wildman–Crippen LogP) is 4.81. The summed E-state index contributed by atoms with van der Waals surface area (Å²) in [4.78, 5) is 26.1. The molecule has 0 aromatic carbocycles. The fourth-order valence-corrected chi connectivity index (χ4v) is 11.9. The number of carbonyl (C=O) groups excluding carboxylic acids is 2. The molecule has 0 aromatic rings. The lowest BCUT2D eigenvalue weighted by atomic mass is 9.53. The van der Waals surface area contributed by atoms with Crippen LogP contribution in [0.5, 0.6) is 0 Å². The van der Waals surface area contributed by atoms with Gasteiger partial charge < -0.3 is 21.3 Å². The van der Waals surface area contributed by atoms with Crippen molar-refractivity contribution in [3.8, 4) is 0 Å². The smallest absolute Gasteiger partial charge is 0.229 e. The standard InChI is InChI=1S/C31H46N4O2S2/c1-30(2)23(12-25(36)32-28(38)33-26-21-7-16-3-17(9-21)10-22(26)8-16)11-24(30)27(37)34-29(39)35-31-13-18-4-19(14-31)6-20(5-18)15-31/h16-24,26H,3-15H2,1-2H3,(H2,32,33,36,38)(H2,34,35,37,39)/t16?,17?,18?,19?,20?,21?,22?,23-,24+,26?,31?/m0/s1. The monoisotopic (exact) mass is 570 g/mol. The van der Waals surface area contributed by atoms with Crippen molar-refractivity contribution < 1.29 is 9.59 Å². The molecule has 9 rings (SSSR count). The normalized spacial score (nSPS) is 45.8. The van der Waals surface area contributed by atoms with Gasteiger partial charge in [0, 0.05) is 23.9 Å². The van der Waals surface area contributed by atoms with E-state index in [2.05, 4.69) is 35.1 Å². The second-order valence-corrected chi connectivity index (χ2v) is 16.4. The average Bonchev–Trinajstić information content (AvgIpc) is 2.82. The minimum atomic E-state index is -0.256. The molecular weight excluding hydrogens is 525 g/mol. The van der Waals surface area contributed by atoms with Crippen molar-refractivity contribution in [2.45, 2.75) is 109 Å². The van der Waals surface area contributed by atoms with Crippen molar-refractivity contribution in [2.75, 3.05) is 0 Å². The van der Waals surface area contributed by atoms with Gasteiger partial charge in [-0.2, -0.15) is 0 Å². The molecule has 0 aliphatic heterocycles. The van der Waals surface area contributed by atoms with Gasteiger partial charge in [0.2, 0.25) is 11.8 Å². The largest absolute Gasteiger partial charge is 0.359 e. The number of thiocarbonyl (C=S) groups is 2. The summed E-state index contributed by atoms with van der Waals surface area (Å²) in [6.45, 7) is 4.22. The summed E-state index contributed by atoms with van der Waals surface area (Å²) in [6, 6.07) is 0.426. The third-order valence-electron chi connectivity index (χ3n) is 12.6. The highest BCUT2D eigenvalue weighted by molar-refractivity contribution is 7.80. The van der Waals surface area contributed by atoms with E-state index in [9.17, 15) is 9.59 Å². The second kappa shape index (κ2) is 9.64. The van der Waals surface area contributed by atoms with Crippen LogP contribution in [0, 0.1) is 58.7 Å².